The summed E-state index contributed by atoms with van der Waals surface area (Å²) in [6, 6.07) is 9.04. The number of benzene rings is 1. The van der Waals surface area contributed by atoms with Crippen LogP contribution in [0.2, 0.25) is 5.02 Å². The van der Waals surface area contributed by atoms with E-state index in [1.165, 1.54) is 12.3 Å². The number of hydrogen-bond donors (Lipinski definition) is 2. The Hall–Kier alpha value is -2.90. The molecule has 2 aromatic heterocycles. The monoisotopic (exact) mass is 399 g/mol. The maximum atomic E-state index is 11.0. The highest BCUT2D eigenvalue weighted by Gasteiger charge is 2.31. The van der Waals surface area contributed by atoms with Crippen molar-refractivity contribution in [3.8, 4) is 5.75 Å². The lowest BCUT2D eigenvalue weighted by Gasteiger charge is -2.36. The van der Waals surface area contributed by atoms with E-state index >= 15 is 0 Å². The number of rotatable bonds is 4. The van der Waals surface area contributed by atoms with E-state index in [2.05, 4.69) is 9.97 Å². The van der Waals surface area contributed by atoms with E-state index in [-0.39, 0.29) is 16.7 Å². The lowest BCUT2D eigenvalue weighted by molar-refractivity contribution is 0.0241. The van der Waals surface area contributed by atoms with Gasteiger partial charge >= 0.3 is 5.97 Å². The molecule has 4 rings (SSSR count). The zero-order valence-corrected chi connectivity index (χ0v) is 15.6. The predicted octanol–water partition coefficient (Wildman–Crippen LogP) is 3.00. The Morgan fingerprint density at radius 3 is 2.82 bits per heavy atom. The summed E-state index contributed by atoms with van der Waals surface area (Å²) in [6.45, 7) is 0.870. The highest BCUT2D eigenvalue weighted by atomic mass is 35.5. The SMILES string of the molecule is O=C(O)c1cnc(N2CC[C@@H](Oc3ccc4ccncc4c3)[C@H](O)C2)c(Cl)c1. The number of nitrogens with zero attached hydrogens (tertiary/aromatic N) is 3. The summed E-state index contributed by atoms with van der Waals surface area (Å²) in [7, 11) is 0. The van der Waals surface area contributed by atoms with Crippen LogP contribution in [0.4, 0.5) is 5.82 Å². The molecule has 0 amide bonds. The maximum Gasteiger partial charge on any atom is 0.337 e. The van der Waals surface area contributed by atoms with Crippen LogP contribution >= 0.6 is 11.6 Å². The van der Waals surface area contributed by atoms with Gasteiger partial charge in [0, 0.05) is 43.5 Å². The average Bonchev–Trinajstić information content (AvgIpc) is 2.69. The highest BCUT2D eigenvalue weighted by Crippen LogP contribution is 2.29. The predicted molar refractivity (Wildman–Crippen MR) is 105 cm³/mol. The van der Waals surface area contributed by atoms with E-state index in [1.54, 1.807) is 12.4 Å². The first-order valence-electron chi connectivity index (χ1n) is 8.83. The summed E-state index contributed by atoms with van der Waals surface area (Å²) in [5.41, 5.74) is 0.0262. The summed E-state index contributed by atoms with van der Waals surface area (Å²) >= 11 is 6.19. The number of β-amino-alcohol motifs (C(OH)–C–C–N with tert-alkyl or cyclic N) is 1. The average molecular weight is 400 g/mol. The van der Waals surface area contributed by atoms with Gasteiger partial charge in [-0.1, -0.05) is 17.7 Å². The zero-order valence-electron chi connectivity index (χ0n) is 14.8. The summed E-state index contributed by atoms with van der Waals surface area (Å²) in [4.78, 5) is 21.1. The number of piperidine rings is 1. The molecule has 0 saturated carbocycles. The Labute approximate surface area is 166 Å². The quantitative estimate of drug-likeness (QED) is 0.696. The number of aliphatic hydroxyl groups excluding tert-OH is 1. The molecule has 28 heavy (non-hydrogen) atoms. The standard InChI is InChI=1S/C20H18ClN3O4/c21-16-8-14(20(26)27)10-23-19(16)24-6-4-18(17(25)11-24)28-15-2-1-12-3-5-22-9-13(12)7-15/h1-3,5,7-10,17-18,25H,4,6,11H2,(H,26,27)/t17-,18-/m1/s1. The van der Waals surface area contributed by atoms with Crippen LogP contribution in [0.3, 0.4) is 0 Å². The van der Waals surface area contributed by atoms with E-state index in [0.29, 0.717) is 31.1 Å². The van der Waals surface area contributed by atoms with Gasteiger partial charge < -0.3 is 19.8 Å². The van der Waals surface area contributed by atoms with Crippen molar-refractivity contribution in [2.45, 2.75) is 18.6 Å². The van der Waals surface area contributed by atoms with Gasteiger partial charge in [-0.2, -0.15) is 0 Å². The van der Waals surface area contributed by atoms with Crippen molar-refractivity contribution in [2.24, 2.45) is 0 Å². The highest BCUT2D eigenvalue weighted by molar-refractivity contribution is 6.33. The molecule has 1 aromatic carbocycles. The molecule has 2 N–H and O–H groups in total. The van der Waals surface area contributed by atoms with Crippen LogP contribution in [-0.2, 0) is 0 Å². The number of halogens is 1. The van der Waals surface area contributed by atoms with Crippen LogP contribution in [0.1, 0.15) is 16.8 Å². The molecule has 1 saturated heterocycles. The largest absolute Gasteiger partial charge is 0.488 e. The topological polar surface area (TPSA) is 95.8 Å². The van der Waals surface area contributed by atoms with Gasteiger partial charge in [-0.05, 0) is 29.7 Å². The number of fused-ring (bicyclic) bond motifs is 1. The lowest BCUT2D eigenvalue weighted by Crippen LogP contribution is -2.49. The van der Waals surface area contributed by atoms with Gasteiger partial charge in [0.2, 0.25) is 0 Å². The Kier molecular flexibility index (Phi) is 5.02. The molecule has 1 aliphatic heterocycles. The molecule has 1 aliphatic rings. The molecule has 0 spiro atoms. The number of carboxylic acids is 1. The second-order valence-electron chi connectivity index (χ2n) is 6.68. The Balaban J connectivity index is 1.45. The molecule has 0 radical (unpaired) electrons. The van der Waals surface area contributed by atoms with Crippen molar-refractivity contribution in [3.63, 3.8) is 0 Å². The first kappa shape index (κ1) is 18.5. The molecule has 0 aliphatic carbocycles. The Morgan fingerprint density at radius 2 is 2.07 bits per heavy atom. The third kappa shape index (κ3) is 3.72. The fraction of sp³-hybridized carbons (Fsp3) is 0.250. The van der Waals surface area contributed by atoms with Gasteiger partial charge in [0.1, 0.15) is 23.8 Å². The van der Waals surface area contributed by atoms with Crippen LogP contribution < -0.4 is 9.64 Å². The lowest BCUT2D eigenvalue weighted by atomic mass is 10.0. The van der Waals surface area contributed by atoms with Crippen LogP contribution in [0.25, 0.3) is 10.8 Å². The van der Waals surface area contributed by atoms with Gasteiger partial charge in [-0.25, -0.2) is 9.78 Å². The molecule has 3 aromatic rings. The first-order valence-corrected chi connectivity index (χ1v) is 9.21. The number of aromatic carboxylic acids is 1. The summed E-state index contributed by atoms with van der Waals surface area (Å²) in [5.74, 6) is 0.0552. The van der Waals surface area contributed by atoms with Crippen LogP contribution in [0.5, 0.6) is 5.75 Å². The van der Waals surface area contributed by atoms with Crippen molar-refractivity contribution in [1.29, 1.82) is 0 Å². The number of carbonyl (C=O) groups is 1. The smallest absolute Gasteiger partial charge is 0.337 e. The van der Waals surface area contributed by atoms with E-state index in [9.17, 15) is 9.90 Å². The molecular formula is C20H18ClN3O4. The molecule has 7 nitrogen and oxygen atoms in total. The maximum absolute atomic E-state index is 11.0. The Morgan fingerprint density at radius 1 is 1.21 bits per heavy atom. The van der Waals surface area contributed by atoms with Gasteiger partial charge in [0.15, 0.2) is 0 Å². The van der Waals surface area contributed by atoms with E-state index in [1.807, 2.05) is 29.2 Å². The van der Waals surface area contributed by atoms with Crippen LogP contribution in [0, 0.1) is 0 Å². The van der Waals surface area contributed by atoms with Crippen molar-refractivity contribution < 1.29 is 19.7 Å². The van der Waals surface area contributed by atoms with E-state index < -0.39 is 12.1 Å². The zero-order chi connectivity index (χ0) is 19.7. The summed E-state index contributed by atoms with van der Waals surface area (Å²) in [5, 5.41) is 21.9. The van der Waals surface area contributed by atoms with Gasteiger partial charge in [-0.15, -0.1) is 0 Å². The molecule has 0 unspecified atom stereocenters. The minimum absolute atomic E-state index is 0.0262. The minimum atomic E-state index is -1.08. The van der Waals surface area contributed by atoms with Crippen molar-refractivity contribution in [3.05, 3.63) is 59.5 Å². The Bertz CT molecular complexity index is 1030. The van der Waals surface area contributed by atoms with Crippen molar-refractivity contribution >= 4 is 34.2 Å². The number of aromatic nitrogens is 2. The fourth-order valence-electron chi connectivity index (χ4n) is 3.33. The molecule has 0 bridgehead atoms. The third-order valence-corrected chi connectivity index (χ3v) is 5.07. The van der Waals surface area contributed by atoms with Gasteiger partial charge in [0.25, 0.3) is 0 Å². The van der Waals surface area contributed by atoms with E-state index in [0.717, 1.165) is 10.8 Å². The molecular weight excluding hydrogens is 382 g/mol. The normalized spacial score (nSPS) is 19.6. The molecule has 1 fully saturated rings. The summed E-state index contributed by atoms with van der Waals surface area (Å²) < 4.78 is 6.01. The minimum Gasteiger partial charge on any atom is -0.488 e. The molecule has 2 atom stereocenters. The second kappa shape index (κ2) is 7.61. The number of carboxylic acid groups (broad SMARTS) is 1. The van der Waals surface area contributed by atoms with Crippen LogP contribution in [0.15, 0.2) is 48.9 Å². The number of pyridine rings is 2. The number of anilines is 1. The number of aliphatic hydroxyl groups is 1. The van der Waals surface area contributed by atoms with Crippen LogP contribution in [-0.4, -0.2) is 51.4 Å². The first-order chi connectivity index (χ1) is 13.5. The molecule has 3 heterocycles. The molecule has 8 heteroatoms. The summed E-state index contributed by atoms with van der Waals surface area (Å²) in [6.07, 6.45) is 4.25. The van der Waals surface area contributed by atoms with Crippen molar-refractivity contribution in [2.75, 3.05) is 18.0 Å². The van der Waals surface area contributed by atoms with Gasteiger partial charge in [0.05, 0.1) is 10.6 Å². The second-order valence-corrected chi connectivity index (χ2v) is 7.08. The fourth-order valence-corrected chi connectivity index (χ4v) is 3.62. The van der Waals surface area contributed by atoms with Crippen molar-refractivity contribution in [1.82, 2.24) is 9.97 Å². The van der Waals surface area contributed by atoms with Gasteiger partial charge in [-0.3, -0.25) is 4.98 Å². The number of ether oxygens (including phenoxy) is 1. The third-order valence-electron chi connectivity index (χ3n) is 4.79. The molecule has 144 valence electrons. The van der Waals surface area contributed by atoms with E-state index in [4.69, 9.17) is 21.4 Å². The number of hydrogen-bond acceptors (Lipinski definition) is 6.